The lowest BCUT2D eigenvalue weighted by molar-refractivity contribution is 0.694. The third-order valence-electron chi connectivity index (χ3n) is 11.6. The number of benzene rings is 10. The third kappa shape index (κ3) is 3.86. The van der Waals surface area contributed by atoms with E-state index < -0.39 is 5.41 Å². The van der Waals surface area contributed by atoms with E-state index in [1.165, 1.54) is 65.0 Å². The van der Waals surface area contributed by atoms with Crippen LogP contribution in [0.4, 0.5) is 0 Å². The van der Waals surface area contributed by atoms with E-state index in [0.29, 0.717) is 11.6 Å². The molecule has 0 saturated heterocycles. The van der Waals surface area contributed by atoms with Crippen molar-refractivity contribution in [1.82, 2.24) is 15.0 Å². The van der Waals surface area contributed by atoms with Gasteiger partial charge in [0.15, 0.2) is 17.5 Å². The lowest BCUT2D eigenvalue weighted by Gasteiger charge is -2.32. The summed E-state index contributed by atoms with van der Waals surface area (Å²) >= 11 is 0. The van der Waals surface area contributed by atoms with Crippen LogP contribution in [0.2, 0.25) is 0 Å². The van der Waals surface area contributed by atoms with Crippen LogP contribution in [-0.2, 0) is 5.41 Å². The SMILES string of the molecule is c1ccc(C2(c3nc(-c4ccc5ccccc5c4)nc(-c4ccc5ccccc5c4)n3)c3cccc4c5cccc6ccc7ccc2c(c34)c7c65)cc1. The van der Waals surface area contributed by atoms with Crippen LogP contribution in [0.3, 0.4) is 0 Å². The van der Waals surface area contributed by atoms with Crippen LogP contribution in [0, 0.1) is 0 Å². The van der Waals surface area contributed by atoms with Gasteiger partial charge in [-0.3, -0.25) is 0 Å². The molecule has 244 valence electrons. The van der Waals surface area contributed by atoms with Gasteiger partial charge in [-0.1, -0.05) is 164 Å². The van der Waals surface area contributed by atoms with E-state index in [9.17, 15) is 0 Å². The highest BCUT2D eigenvalue weighted by atomic mass is 15.0. The van der Waals surface area contributed by atoms with E-state index in [0.717, 1.165) is 33.3 Å². The summed E-state index contributed by atoms with van der Waals surface area (Å²) in [4.78, 5) is 16.4. The molecule has 3 nitrogen and oxygen atoms in total. The van der Waals surface area contributed by atoms with E-state index in [1.54, 1.807) is 0 Å². The van der Waals surface area contributed by atoms with Crippen LogP contribution in [0.5, 0.6) is 0 Å². The zero-order chi connectivity index (χ0) is 34.7. The maximum Gasteiger partial charge on any atom is 0.163 e. The molecule has 0 N–H and O–H groups in total. The van der Waals surface area contributed by atoms with Gasteiger partial charge in [0.25, 0.3) is 0 Å². The summed E-state index contributed by atoms with van der Waals surface area (Å²) in [5.41, 5.74) is 4.66. The van der Waals surface area contributed by atoms with Crippen molar-refractivity contribution >= 4 is 64.6 Å². The highest BCUT2D eigenvalue weighted by Crippen LogP contribution is 2.58. The zero-order valence-corrected chi connectivity index (χ0v) is 28.6. The molecule has 0 bridgehead atoms. The molecule has 0 aliphatic heterocycles. The predicted molar refractivity (Wildman–Crippen MR) is 219 cm³/mol. The molecule has 1 aliphatic carbocycles. The standard InChI is InChI=1S/C50H29N3/c1-2-15-38(16-3-1)50(41-19-9-18-40-39-17-8-14-32-22-23-33-26-27-42(50)46(45(40)41)44(33)43(32)39)49-52-47(36-24-20-30-10-4-6-12-34(30)28-36)51-48(53-49)37-25-21-31-11-5-7-13-35(31)29-37/h1-29H. The van der Waals surface area contributed by atoms with E-state index in [1.807, 2.05) is 0 Å². The number of nitrogens with zero attached hydrogens (tertiary/aromatic N) is 3. The molecule has 53 heavy (non-hydrogen) atoms. The van der Waals surface area contributed by atoms with Crippen molar-refractivity contribution in [2.75, 3.05) is 0 Å². The minimum absolute atomic E-state index is 0.659. The highest BCUT2D eigenvalue weighted by Gasteiger charge is 2.48. The molecule has 3 heteroatoms. The average Bonchev–Trinajstić information content (AvgIpc) is 3.54. The van der Waals surface area contributed by atoms with Gasteiger partial charge in [-0.25, -0.2) is 15.0 Å². The van der Waals surface area contributed by atoms with Crippen LogP contribution in [0.25, 0.3) is 87.4 Å². The normalized spacial score (nSPS) is 15.2. The molecule has 0 amide bonds. The molecule has 11 aromatic rings. The van der Waals surface area contributed by atoms with Gasteiger partial charge in [-0.2, -0.15) is 0 Å². The second-order valence-corrected chi connectivity index (χ2v) is 14.3. The first-order chi connectivity index (χ1) is 26.3. The highest BCUT2D eigenvalue weighted by molar-refractivity contribution is 6.36. The quantitative estimate of drug-likeness (QED) is 0.138. The Hall–Kier alpha value is -6.97. The van der Waals surface area contributed by atoms with Crippen LogP contribution >= 0.6 is 0 Å². The summed E-state index contributed by atoms with van der Waals surface area (Å²) in [6.07, 6.45) is 0. The summed E-state index contributed by atoms with van der Waals surface area (Å²) < 4.78 is 0. The maximum atomic E-state index is 5.57. The first kappa shape index (κ1) is 28.7. The average molecular weight is 672 g/mol. The smallest absolute Gasteiger partial charge is 0.163 e. The predicted octanol–water partition coefficient (Wildman–Crippen LogP) is 12.3. The minimum atomic E-state index is -0.805. The summed E-state index contributed by atoms with van der Waals surface area (Å²) in [6.45, 7) is 0. The van der Waals surface area contributed by atoms with Crippen LogP contribution in [-0.4, -0.2) is 15.0 Å². The second kappa shape index (κ2) is 10.5. The number of hydrogen-bond acceptors (Lipinski definition) is 3. The van der Waals surface area contributed by atoms with Crippen LogP contribution in [0.1, 0.15) is 22.5 Å². The summed E-state index contributed by atoms with van der Waals surface area (Å²) in [7, 11) is 0. The Kier molecular flexibility index (Phi) is 5.70. The molecule has 1 aliphatic rings. The Labute approximate surface area is 305 Å². The van der Waals surface area contributed by atoms with Gasteiger partial charge in [0.2, 0.25) is 0 Å². The molecule has 1 atom stereocenters. The number of fused-ring (bicyclic) bond motifs is 3. The molecule has 10 aromatic carbocycles. The monoisotopic (exact) mass is 671 g/mol. The molecule has 1 unspecified atom stereocenters. The summed E-state index contributed by atoms with van der Waals surface area (Å²) in [5.74, 6) is 2.04. The van der Waals surface area contributed by atoms with E-state index in [-0.39, 0.29) is 0 Å². The lowest BCUT2D eigenvalue weighted by Crippen LogP contribution is -2.32. The minimum Gasteiger partial charge on any atom is -0.211 e. The van der Waals surface area contributed by atoms with E-state index in [2.05, 4.69) is 176 Å². The maximum absolute atomic E-state index is 5.57. The van der Waals surface area contributed by atoms with Gasteiger partial charge in [0.1, 0.15) is 5.41 Å². The Bertz CT molecular complexity index is 3200. The Morgan fingerprint density at radius 2 is 0.830 bits per heavy atom. The fourth-order valence-corrected chi connectivity index (χ4v) is 9.32. The summed E-state index contributed by atoms with van der Waals surface area (Å²) in [5, 5.41) is 14.9. The van der Waals surface area contributed by atoms with Gasteiger partial charge < -0.3 is 0 Å². The van der Waals surface area contributed by atoms with E-state index >= 15 is 0 Å². The van der Waals surface area contributed by atoms with Crippen molar-refractivity contribution in [3.8, 4) is 22.8 Å². The fourth-order valence-electron chi connectivity index (χ4n) is 9.32. The van der Waals surface area contributed by atoms with Crippen LogP contribution < -0.4 is 0 Å². The van der Waals surface area contributed by atoms with Crippen molar-refractivity contribution in [2.24, 2.45) is 0 Å². The van der Waals surface area contributed by atoms with Crippen molar-refractivity contribution in [3.05, 3.63) is 198 Å². The second-order valence-electron chi connectivity index (χ2n) is 14.3. The zero-order valence-electron chi connectivity index (χ0n) is 28.6. The van der Waals surface area contributed by atoms with Crippen molar-refractivity contribution in [3.63, 3.8) is 0 Å². The number of rotatable bonds is 4. The molecule has 0 radical (unpaired) electrons. The molecular weight excluding hydrogens is 643 g/mol. The Balaban J connectivity index is 1.25. The Morgan fingerprint density at radius 3 is 1.51 bits per heavy atom. The molecule has 12 rings (SSSR count). The molecule has 0 spiro atoms. The number of hydrogen-bond donors (Lipinski definition) is 0. The number of aromatic nitrogens is 3. The van der Waals surface area contributed by atoms with Crippen molar-refractivity contribution < 1.29 is 0 Å². The molecular formula is C50H29N3. The van der Waals surface area contributed by atoms with Crippen LogP contribution in [0.15, 0.2) is 176 Å². The largest absolute Gasteiger partial charge is 0.211 e. The van der Waals surface area contributed by atoms with Gasteiger partial charge in [-0.05, 0) is 93.5 Å². The summed E-state index contributed by atoms with van der Waals surface area (Å²) in [6, 6.07) is 63.5. The van der Waals surface area contributed by atoms with Gasteiger partial charge in [0, 0.05) is 11.1 Å². The topological polar surface area (TPSA) is 38.7 Å². The molecule has 0 saturated carbocycles. The van der Waals surface area contributed by atoms with Crippen molar-refractivity contribution in [1.29, 1.82) is 0 Å². The fraction of sp³-hybridized carbons (Fsp3) is 0.0200. The van der Waals surface area contributed by atoms with Gasteiger partial charge in [0.05, 0.1) is 0 Å². The molecule has 1 aromatic heterocycles. The molecule has 1 heterocycles. The first-order valence-electron chi connectivity index (χ1n) is 18.2. The van der Waals surface area contributed by atoms with Crippen molar-refractivity contribution in [2.45, 2.75) is 5.41 Å². The Morgan fingerprint density at radius 1 is 0.321 bits per heavy atom. The lowest BCUT2D eigenvalue weighted by atomic mass is 9.71. The third-order valence-corrected chi connectivity index (χ3v) is 11.6. The van der Waals surface area contributed by atoms with Gasteiger partial charge >= 0.3 is 0 Å². The first-order valence-corrected chi connectivity index (χ1v) is 18.2. The molecule has 0 fully saturated rings. The van der Waals surface area contributed by atoms with E-state index in [4.69, 9.17) is 15.0 Å². The van der Waals surface area contributed by atoms with Gasteiger partial charge in [-0.15, -0.1) is 0 Å².